The van der Waals surface area contributed by atoms with Gasteiger partial charge in [0, 0.05) is 26.2 Å². The van der Waals surface area contributed by atoms with Crippen molar-refractivity contribution in [1.82, 2.24) is 10.2 Å². The number of methoxy groups -OCH3 is 1. The predicted molar refractivity (Wildman–Crippen MR) is 74.5 cm³/mol. The van der Waals surface area contributed by atoms with Gasteiger partial charge in [-0.3, -0.25) is 4.79 Å². The Labute approximate surface area is 111 Å². The van der Waals surface area contributed by atoms with Gasteiger partial charge in [0.05, 0.1) is 12.6 Å². The maximum Gasteiger partial charge on any atom is 0.239 e. The van der Waals surface area contributed by atoms with Crippen LogP contribution in [0.15, 0.2) is 0 Å². The van der Waals surface area contributed by atoms with Crippen molar-refractivity contribution in [1.29, 1.82) is 0 Å². The van der Waals surface area contributed by atoms with E-state index in [-0.39, 0.29) is 18.0 Å². The minimum Gasteiger partial charge on any atom is -0.383 e. The highest BCUT2D eigenvalue weighted by molar-refractivity contribution is 5.81. The molecule has 5 heteroatoms. The molecule has 3 N–H and O–H groups in total. The average molecular weight is 259 g/mol. The zero-order chi connectivity index (χ0) is 14.0. The molecule has 0 heterocycles. The Morgan fingerprint density at radius 1 is 1.39 bits per heavy atom. The summed E-state index contributed by atoms with van der Waals surface area (Å²) in [7, 11) is 1.67. The second kappa shape index (κ2) is 10.3. The molecule has 0 aliphatic carbocycles. The molecule has 108 valence electrons. The van der Waals surface area contributed by atoms with Crippen LogP contribution in [0.3, 0.4) is 0 Å². The Morgan fingerprint density at radius 3 is 2.44 bits per heavy atom. The van der Waals surface area contributed by atoms with E-state index in [0.717, 1.165) is 25.9 Å². The summed E-state index contributed by atoms with van der Waals surface area (Å²) < 4.78 is 5.17. The van der Waals surface area contributed by atoms with Crippen molar-refractivity contribution >= 4 is 5.91 Å². The fourth-order valence-corrected chi connectivity index (χ4v) is 2.01. The summed E-state index contributed by atoms with van der Waals surface area (Å²) in [5.74, 6) is 0.147. The van der Waals surface area contributed by atoms with Crippen LogP contribution in [-0.4, -0.2) is 56.2 Å². The number of carbonyl (C=O) groups is 1. The predicted octanol–water partition coefficient (Wildman–Crippen LogP) is 0.587. The normalized spacial score (nSPS) is 14.3. The van der Waals surface area contributed by atoms with Gasteiger partial charge in [0.15, 0.2) is 0 Å². The first-order chi connectivity index (χ1) is 8.60. The number of hydrogen-bond donors (Lipinski definition) is 2. The maximum absolute atomic E-state index is 12.1. The van der Waals surface area contributed by atoms with Crippen molar-refractivity contribution in [3.63, 3.8) is 0 Å². The van der Waals surface area contributed by atoms with Gasteiger partial charge in [0.25, 0.3) is 0 Å². The molecule has 0 aliphatic rings. The molecule has 2 atom stereocenters. The number of carbonyl (C=O) groups excluding carboxylic acids is 1. The lowest BCUT2D eigenvalue weighted by molar-refractivity contribution is -0.133. The number of nitrogens with zero attached hydrogens (tertiary/aromatic N) is 1. The monoisotopic (exact) mass is 259 g/mol. The Morgan fingerprint density at radius 2 is 2.00 bits per heavy atom. The zero-order valence-corrected chi connectivity index (χ0v) is 12.2. The first-order valence-electron chi connectivity index (χ1n) is 6.84. The number of nitrogens with two attached hydrogens (primary N) is 1. The van der Waals surface area contributed by atoms with E-state index in [4.69, 9.17) is 10.5 Å². The van der Waals surface area contributed by atoms with Crippen molar-refractivity contribution in [2.75, 3.05) is 33.4 Å². The highest BCUT2D eigenvalue weighted by Crippen LogP contribution is 2.01. The van der Waals surface area contributed by atoms with Gasteiger partial charge in [-0.1, -0.05) is 0 Å². The summed E-state index contributed by atoms with van der Waals surface area (Å²) in [6, 6.07) is 0.0101. The van der Waals surface area contributed by atoms with Crippen LogP contribution in [0.5, 0.6) is 0 Å². The summed E-state index contributed by atoms with van der Waals surface area (Å²) in [6.45, 7) is 8.67. The summed E-state index contributed by atoms with van der Waals surface area (Å²) in [6.07, 6.45) is 1.87. The molecular weight excluding hydrogens is 230 g/mol. The fraction of sp³-hybridized carbons (Fsp3) is 0.923. The van der Waals surface area contributed by atoms with E-state index in [2.05, 4.69) is 5.32 Å². The molecule has 0 fully saturated rings. The summed E-state index contributed by atoms with van der Waals surface area (Å²) in [5, 5.41) is 3.33. The van der Waals surface area contributed by atoms with Crippen molar-refractivity contribution in [2.24, 2.45) is 5.73 Å². The van der Waals surface area contributed by atoms with Gasteiger partial charge in [0.2, 0.25) is 5.91 Å². The van der Waals surface area contributed by atoms with Gasteiger partial charge in [-0.25, -0.2) is 0 Å². The highest BCUT2D eigenvalue weighted by atomic mass is 16.5. The number of likely N-dealkylation sites (N-methyl/N-ethyl adjacent to an activating group) is 1. The van der Waals surface area contributed by atoms with Gasteiger partial charge in [-0.15, -0.1) is 0 Å². The molecule has 0 bridgehead atoms. The van der Waals surface area contributed by atoms with Crippen LogP contribution >= 0.6 is 0 Å². The quantitative estimate of drug-likeness (QED) is 0.602. The maximum atomic E-state index is 12.1. The van der Waals surface area contributed by atoms with Crippen LogP contribution in [0.4, 0.5) is 0 Å². The third kappa shape index (κ3) is 6.33. The largest absolute Gasteiger partial charge is 0.383 e. The zero-order valence-electron chi connectivity index (χ0n) is 12.2. The Balaban J connectivity index is 4.29. The van der Waals surface area contributed by atoms with Crippen molar-refractivity contribution in [3.05, 3.63) is 0 Å². The minimum atomic E-state index is -0.178. The SMILES string of the molecule is CCN(CC)C(=O)C(C)NC(CCCN)COC. The van der Waals surface area contributed by atoms with E-state index in [1.54, 1.807) is 7.11 Å². The first kappa shape index (κ1) is 17.4. The van der Waals surface area contributed by atoms with Crippen molar-refractivity contribution < 1.29 is 9.53 Å². The topological polar surface area (TPSA) is 67.6 Å². The molecule has 2 unspecified atom stereocenters. The third-order valence-electron chi connectivity index (χ3n) is 3.06. The number of ether oxygens (including phenoxy) is 1. The summed E-state index contributed by atoms with van der Waals surface area (Å²) in [4.78, 5) is 14.0. The molecule has 0 saturated carbocycles. The second-order valence-corrected chi connectivity index (χ2v) is 4.48. The number of rotatable bonds is 10. The minimum absolute atomic E-state index is 0.147. The number of hydrogen-bond acceptors (Lipinski definition) is 4. The van der Waals surface area contributed by atoms with E-state index in [1.807, 2.05) is 25.7 Å². The molecule has 0 spiro atoms. The molecule has 5 nitrogen and oxygen atoms in total. The van der Waals surface area contributed by atoms with Crippen LogP contribution in [0.2, 0.25) is 0 Å². The third-order valence-corrected chi connectivity index (χ3v) is 3.06. The molecule has 0 aromatic rings. The standard InChI is InChI=1S/C13H29N3O2/c1-5-16(6-2)13(17)11(3)15-12(10-18-4)8-7-9-14/h11-12,15H,5-10,14H2,1-4H3. The van der Waals surface area contributed by atoms with E-state index in [9.17, 15) is 4.79 Å². The first-order valence-corrected chi connectivity index (χ1v) is 6.84. The molecule has 0 radical (unpaired) electrons. The summed E-state index contributed by atoms with van der Waals surface area (Å²) >= 11 is 0. The van der Waals surface area contributed by atoms with Crippen LogP contribution in [0.1, 0.15) is 33.6 Å². The lowest BCUT2D eigenvalue weighted by Crippen LogP contribution is -2.49. The van der Waals surface area contributed by atoms with Crippen LogP contribution in [0, 0.1) is 0 Å². The van der Waals surface area contributed by atoms with Gasteiger partial charge < -0.3 is 20.7 Å². The lowest BCUT2D eigenvalue weighted by Gasteiger charge is -2.27. The van der Waals surface area contributed by atoms with E-state index in [1.165, 1.54) is 0 Å². The van der Waals surface area contributed by atoms with Crippen LogP contribution < -0.4 is 11.1 Å². The Kier molecular flexibility index (Phi) is 9.92. The van der Waals surface area contributed by atoms with Gasteiger partial charge in [-0.05, 0) is 40.2 Å². The molecule has 0 saturated heterocycles. The van der Waals surface area contributed by atoms with E-state index in [0.29, 0.717) is 13.2 Å². The molecular formula is C13H29N3O2. The van der Waals surface area contributed by atoms with Crippen LogP contribution in [0.25, 0.3) is 0 Å². The Hall–Kier alpha value is -0.650. The summed E-state index contributed by atoms with van der Waals surface area (Å²) in [5.41, 5.74) is 5.51. The van der Waals surface area contributed by atoms with Gasteiger partial charge in [0.1, 0.15) is 0 Å². The second-order valence-electron chi connectivity index (χ2n) is 4.48. The van der Waals surface area contributed by atoms with Crippen LogP contribution in [-0.2, 0) is 9.53 Å². The molecule has 1 amide bonds. The van der Waals surface area contributed by atoms with Gasteiger partial charge >= 0.3 is 0 Å². The number of amides is 1. The lowest BCUT2D eigenvalue weighted by atomic mass is 10.1. The van der Waals surface area contributed by atoms with E-state index < -0.39 is 0 Å². The van der Waals surface area contributed by atoms with E-state index >= 15 is 0 Å². The van der Waals surface area contributed by atoms with Gasteiger partial charge in [-0.2, -0.15) is 0 Å². The molecule has 0 aromatic heterocycles. The van der Waals surface area contributed by atoms with Crippen molar-refractivity contribution in [2.45, 2.75) is 45.7 Å². The molecule has 0 rings (SSSR count). The number of nitrogens with one attached hydrogen (secondary N) is 1. The Bertz CT molecular complexity index is 220. The molecule has 18 heavy (non-hydrogen) atoms. The average Bonchev–Trinajstić information content (AvgIpc) is 2.37. The highest BCUT2D eigenvalue weighted by Gasteiger charge is 2.20. The smallest absolute Gasteiger partial charge is 0.239 e. The van der Waals surface area contributed by atoms with Crippen molar-refractivity contribution in [3.8, 4) is 0 Å². The fourth-order valence-electron chi connectivity index (χ4n) is 2.01. The molecule has 0 aliphatic heterocycles. The molecule has 0 aromatic carbocycles.